The van der Waals surface area contributed by atoms with E-state index in [9.17, 15) is 9.18 Å². The fourth-order valence-electron chi connectivity index (χ4n) is 2.18. The summed E-state index contributed by atoms with van der Waals surface area (Å²) in [4.78, 5) is 11.8. The van der Waals surface area contributed by atoms with Crippen LogP contribution in [-0.2, 0) is 11.2 Å². The first kappa shape index (κ1) is 12.5. The normalized spacial score (nSPS) is 19.5. The molecule has 0 spiro atoms. The summed E-state index contributed by atoms with van der Waals surface area (Å²) in [6, 6.07) is 4.50. The second-order valence-corrected chi connectivity index (χ2v) is 4.89. The molecule has 92 valence electrons. The molecule has 0 bridgehead atoms. The Hall–Kier alpha value is -0.930. The van der Waals surface area contributed by atoms with E-state index >= 15 is 0 Å². The molecule has 0 radical (unpaired) electrons. The third kappa shape index (κ3) is 3.27. The zero-order chi connectivity index (χ0) is 12.3. The number of halogens is 2. The molecule has 0 aliphatic carbocycles. The number of nitrogens with one attached hydrogen (secondary N) is 1. The maximum Gasteiger partial charge on any atom is 0.137 e. The minimum Gasteiger partial charge on any atom is -0.316 e. The van der Waals surface area contributed by atoms with E-state index in [1.807, 2.05) is 0 Å². The number of Topliss-reactive ketones (excluding diaryl/α,β-unsaturated/α-hetero) is 1. The van der Waals surface area contributed by atoms with Crippen molar-refractivity contribution in [2.75, 3.05) is 13.1 Å². The number of carbonyl (C=O) groups is 1. The van der Waals surface area contributed by atoms with E-state index in [4.69, 9.17) is 11.6 Å². The van der Waals surface area contributed by atoms with Crippen LogP contribution < -0.4 is 5.32 Å². The molecule has 1 heterocycles. The first-order valence-electron chi connectivity index (χ1n) is 5.82. The van der Waals surface area contributed by atoms with Crippen LogP contribution in [0.4, 0.5) is 4.39 Å². The van der Waals surface area contributed by atoms with Gasteiger partial charge in [-0.15, -0.1) is 0 Å². The molecule has 0 saturated carbocycles. The van der Waals surface area contributed by atoms with Gasteiger partial charge in [0, 0.05) is 23.4 Å². The number of carbonyl (C=O) groups excluding carboxylic acids is 1. The van der Waals surface area contributed by atoms with Gasteiger partial charge in [0.05, 0.1) is 0 Å². The molecule has 2 rings (SSSR count). The Bertz CT molecular complexity index is 396. The van der Waals surface area contributed by atoms with Crippen LogP contribution in [0.3, 0.4) is 0 Å². The van der Waals surface area contributed by atoms with Crippen LogP contribution in [0.1, 0.15) is 18.4 Å². The number of hydrogen-bond donors (Lipinski definition) is 1. The monoisotopic (exact) mass is 255 g/mol. The minimum atomic E-state index is -0.393. The minimum absolute atomic E-state index is 0.0608. The number of benzene rings is 1. The highest BCUT2D eigenvalue weighted by atomic mass is 35.5. The van der Waals surface area contributed by atoms with Crippen molar-refractivity contribution >= 4 is 17.4 Å². The van der Waals surface area contributed by atoms with Crippen LogP contribution in [0.2, 0.25) is 5.02 Å². The number of ketones is 1. The lowest BCUT2D eigenvalue weighted by Crippen LogP contribution is -2.14. The molecule has 1 unspecified atom stereocenters. The van der Waals surface area contributed by atoms with Gasteiger partial charge in [-0.05, 0) is 37.6 Å². The van der Waals surface area contributed by atoms with Gasteiger partial charge in [0.2, 0.25) is 0 Å². The Morgan fingerprint density at radius 2 is 2.35 bits per heavy atom. The van der Waals surface area contributed by atoms with Crippen molar-refractivity contribution in [2.45, 2.75) is 19.3 Å². The van der Waals surface area contributed by atoms with E-state index in [-0.39, 0.29) is 12.2 Å². The predicted octanol–water partition coefficient (Wildman–Crippen LogP) is 2.59. The highest BCUT2D eigenvalue weighted by Crippen LogP contribution is 2.21. The maximum absolute atomic E-state index is 13.5. The van der Waals surface area contributed by atoms with Gasteiger partial charge in [-0.1, -0.05) is 17.7 Å². The quantitative estimate of drug-likeness (QED) is 0.896. The molecule has 1 fully saturated rings. The molecule has 1 N–H and O–H groups in total. The molecule has 0 aromatic heterocycles. The van der Waals surface area contributed by atoms with Crippen molar-refractivity contribution in [3.8, 4) is 0 Å². The molecule has 1 aliphatic rings. The molecule has 1 aliphatic heterocycles. The molecule has 1 saturated heterocycles. The van der Waals surface area contributed by atoms with E-state index in [1.54, 1.807) is 12.1 Å². The Morgan fingerprint density at radius 3 is 3.00 bits per heavy atom. The Morgan fingerprint density at radius 1 is 1.53 bits per heavy atom. The lowest BCUT2D eigenvalue weighted by molar-refractivity contribution is -0.119. The zero-order valence-electron chi connectivity index (χ0n) is 9.51. The Kier molecular flexibility index (Phi) is 4.13. The van der Waals surface area contributed by atoms with Crippen molar-refractivity contribution in [1.29, 1.82) is 0 Å². The van der Waals surface area contributed by atoms with Crippen molar-refractivity contribution in [1.82, 2.24) is 5.32 Å². The van der Waals surface area contributed by atoms with Gasteiger partial charge in [0.15, 0.2) is 0 Å². The van der Waals surface area contributed by atoms with Gasteiger partial charge < -0.3 is 5.32 Å². The summed E-state index contributed by atoms with van der Waals surface area (Å²) in [6.07, 6.45) is 1.64. The molecule has 17 heavy (non-hydrogen) atoms. The summed E-state index contributed by atoms with van der Waals surface area (Å²) in [7, 11) is 0. The average Bonchev–Trinajstić information content (AvgIpc) is 2.76. The highest BCUT2D eigenvalue weighted by molar-refractivity contribution is 6.31. The Labute approximate surface area is 105 Å². The molecule has 1 aromatic carbocycles. The summed E-state index contributed by atoms with van der Waals surface area (Å²) in [5.74, 6) is 0.0640. The second kappa shape index (κ2) is 5.61. The molecule has 4 heteroatoms. The summed E-state index contributed by atoms with van der Waals surface area (Å²) in [5.41, 5.74) is 0.324. The van der Waals surface area contributed by atoms with E-state index in [0.717, 1.165) is 19.5 Å². The molecule has 1 atom stereocenters. The molecule has 1 aromatic rings. The fourth-order valence-corrected chi connectivity index (χ4v) is 2.41. The van der Waals surface area contributed by atoms with Crippen molar-refractivity contribution in [3.63, 3.8) is 0 Å². The first-order chi connectivity index (χ1) is 8.16. The molecular weight excluding hydrogens is 241 g/mol. The summed E-state index contributed by atoms with van der Waals surface area (Å²) in [6.45, 7) is 1.86. The van der Waals surface area contributed by atoms with Crippen molar-refractivity contribution < 1.29 is 9.18 Å². The first-order valence-corrected chi connectivity index (χ1v) is 6.20. The van der Waals surface area contributed by atoms with Crippen LogP contribution in [0.15, 0.2) is 18.2 Å². The van der Waals surface area contributed by atoms with Crippen LogP contribution in [-0.4, -0.2) is 18.9 Å². The Balaban J connectivity index is 1.97. The van der Waals surface area contributed by atoms with Crippen molar-refractivity contribution in [2.24, 2.45) is 5.92 Å². The lowest BCUT2D eigenvalue weighted by Gasteiger charge is -2.08. The van der Waals surface area contributed by atoms with Gasteiger partial charge in [0.1, 0.15) is 11.6 Å². The lowest BCUT2D eigenvalue weighted by atomic mass is 9.97. The van der Waals surface area contributed by atoms with Gasteiger partial charge in [-0.3, -0.25) is 4.79 Å². The van der Waals surface area contributed by atoms with Crippen LogP contribution >= 0.6 is 11.6 Å². The smallest absolute Gasteiger partial charge is 0.137 e. The third-order valence-corrected chi connectivity index (χ3v) is 3.47. The SMILES string of the molecule is O=C(Cc1c(F)cccc1Cl)CC1CCNC1. The summed E-state index contributed by atoms with van der Waals surface area (Å²) in [5, 5.41) is 3.55. The van der Waals surface area contributed by atoms with E-state index < -0.39 is 5.82 Å². The average molecular weight is 256 g/mol. The van der Waals surface area contributed by atoms with Crippen LogP contribution in [0.5, 0.6) is 0 Å². The van der Waals surface area contributed by atoms with E-state index in [0.29, 0.717) is 22.9 Å². The third-order valence-electron chi connectivity index (χ3n) is 3.11. The van der Waals surface area contributed by atoms with Gasteiger partial charge in [-0.25, -0.2) is 4.39 Å². The van der Waals surface area contributed by atoms with E-state index in [1.165, 1.54) is 6.07 Å². The standard InChI is InChI=1S/C13H15ClFNO/c14-12-2-1-3-13(15)11(12)7-10(17)6-9-4-5-16-8-9/h1-3,9,16H,4-8H2. The van der Waals surface area contributed by atoms with Gasteiger partial charge in [-0.2, -0.15) is 0 Å². The summed E-state index contributed by atoms with van der Waals surface area (Å²) < 4.78 is 13.5. The number of hydrogen-bond acceptors (Lipinski definition) is 2. The topological polar surface area (TPSA) is 29.1 Å². The van der Waals surface area contributed by atoms with E-state index in [2.05, 4.69) is 5.32 Å². The zero-order valence-corrected chi connectivity index (χ0v) is 10.3. The van der Waals surface area contributed by atoms with Gasteiger partial charge in [0.25, 0.3) is 0 Å². The predicted molar refractivity (Wildman–Crippen MR) is 65.7 cm³/mol. The van der Waals surface area contributed by atoms with Gasteiger partial charge >= 0.3 is 0 Å². The summed E-state index contributed by atoms with van der Waals surface area (Å²) >= 11 is 5.89. The maximum atomic E-state index is 13.5. The van der Waals surface area contributed by atoms with Crippen LogP contribution in [0, 0.1) is 11.7 Å². The fraction of sp³-hybridized carbons (Fsp3) is 0.462. The molecule has 2 nitrogen and oxygen atoms in total. The number of rotatable bonds is 4. The molecule has 0 amide bonds. The van der Waals surface area contributed by atoms with Crippen molar-refractivity contribution in [3.05, 3.63) is 34.6 Å². The highest BCUT2D eigenvalue weighted by Gasteiger charge is 2.19. The van der Waals surface area contributed by atoms with Crippen LogP contribution in [0.25, 0.3) is 0 Å². The largest absolute Gasteiger partial charge is 0.316 e. The second-order valence-electron chi connectivity index (χ2n) is 4.48. The molecular formula is C13H15ClFNO.